The molecule has 18 heavy (non-hydrogen) atoms. The zero-order chi connectivity index (χ0) is 14.0. The van der Waals surface area contributed by atoms with Crippen molar-refractivity contribution < 1.29 is 0 Å². The van der Waals surface area contributed by atoms with Crippen LogP contribution in [0.15, 0.2) is 35.0 Å². The SMILES string of the molecule is CN(/C(=N\[Si](C)(C)C)c1ccccc1)[Si](C)(C)C. The van der Waals surface area contributed by atoms with Gasteiger partial charge in [0.05, 0.1) is 0 Å². The summed E-state index contributed by atoms with van der Waals surface area (Å²) in [5.74, 6) is 1.17. The van der Waals surface area contributed by atoms with Crippen LogP contribution >= 0.6 is 0 Å². The molecule has 0 aromatic heterocycles. The Hall–Kier alpha value is -0.876. The van der Waals surface area contributed by atoms with E-state index in [2.05, 4.69) is 81.2 Å². The number of benzene rings is 1. The summed E-state index contributed by atoms with van der Waals surface area (Å²) >= 11 is 0. The summed E-state index contributed by atoms with van der Waals surface area (Å²) in [5.41, 5.74) is 1.24. The molecule has 0 aliphatic carbocycles. The van der Waals surface area contributed by atoms with E-state index in [1.807, 2.05) is 0 Å². The molecule has 0 fully saturated rings. The Balaban J connectivity index is 3.25. The van der Waals surface area contributed by atoms with Crippen molar-refractivity contribution in [3.63, 3.8) is 0 Å². The third-order valence-corrected chi connectivity index (χ3v) is 5.90. The molecule has 1 aromatic carbocycles. The lowest BCUT2D eigenvalue weighted by molar-refractivity contribution is 0.757. The first-order valence-corrected chi connectivity index (χ1v) is 13.4. The normalized spacial score (nSPS) is 13.6. The maximum absolute atomic E-state index is 5.06. The molecule has 0 saturated heterocycles. The van der Waals surface area contributed by atoms with Crippen LogP contribution in [0, 0.1) is 0 Å². The molecule has 0 bridgehead atoms. The van der Waals surface area contributed by atoms with Gasteiger partial charge in [-0.2, -0.15) is 0 Å². The van der Waals surface area contributed by atoms with Crippen molar-refractivity contribution in [3.05, 3.63) is 35.9 Å². The van der Waals surface area contributed by atoms with Crippen LogP contribution in [0.25, 0.3) is 0 Å². The van der Waals surface area contributed by atoms with Crippen molar-refractivity contribution in [3.8, 4) is 0 Å². The lowest BCUT2D eigenvalue weighted by Crippen LogP contribution is -2.48. The molecule has 0 unspecified atom stereocenters. The van der Waals surface area contributed by atoms with Crippen molar-refractivity contribution in [2.45, 2.75) is 39.3 Å². The van der Waals surface area contributed by atoms with Crippen molar-refractivity contribution in [1.29, 1.82) is 0 Å². The van der Waals surface area contributed by atoms with Crippen LogP contribution in [0.4, 0.5) is 0 Å². The van der Waals surface area contributed by atoms with E-state index in [9.17, 15) is 0 Å². The first kappa shape index (κ1) is 15.2. The Bertz CT molecular complexity index is 414. The van der Waals surface area contributed by atoms with Gasteiger partial charge in [0.15, 0.2) is 8.24 Å². The highest BCUT2D eigenvalue weighted by Crippen LogP contribution is 2.16. The molecule has 2 nitrogen and oxygen atoms in total. The number of nitrogens with zero attached hydrogens (tertiary/aromatic N) is 2. The summed E-state index contributed by atoms with van der Waals surface area (Å²) in [6.45, 7) is 13.9. The fourth-order valence-electron chi connectivity index (χ4n) is 1.56. The van der Waals surface area contributed by atoms with Crippen LogP contribution in [-0.4, -0.2) is 33.9 Å². The second kappa shape index (κ2) is 5.40. The van der Waals surface area contributed by atoms with Gasteiger partial charge >= 0.3 is 0 Å². The fourth-order valence-corrected chi connectivity index (χ4v) is 3.38. The molecule has 0 radical (unpaired) electrons. The zero-order valence-electron chi connectivity index (χ0n) is 12.8. The van der Waals surface area contributed by atoms with Gasteiger partial charge in [-0.05, 0) is 26.7 Å². The van der Waals surface area contributed by atoms with Gasteiger partial charge in [-0.15, -0.1) is 0 Å². The zero-order valence-corrected chi connectivity index (χ0v) is 14.8. The van der Waals surface area contributed by atoms with E-state index in [1.54, 1.807) is 0 Å². The highest BCUT2D eigenvalue weighted by Gasteiger charge is 2.26. The van der Waals surface area contributed by atoms with Crippen LogP contribution in [-0.2, 0) is 0 Å². The first-order chi connectivity index (χ1) is 8.11. The molecular formula is C14H26N2Si2. The summed E-state index contributed by atoms with van der Waals surface area (Å²) in [6.07, 6.45) is 0. The molecule has 0 heterocycles. The maximum atomic E-state index is 5.06. The molecule has 0 N–H and O–H groups in total. The monoisotopic (exact) mass is 278 g/mol. The second-order valence-corrected chi connectivity index (χ2v) is 16.3. The van der Waals surface area contributed by atoms with E-state index >= 15 is 0 Å². The molecule has 0 amide bonds. The van der Waals surface area contributed by atoms with E-state index in [-0.39, 0.29) is 0 Å². The minimum atomic E-state index is -1.48. The van der Waals surface area contributed by atoms with Gasteiger partial charge in [0.2, 0.25) is 0 Å². The van der Waals surface area contributed by atoms with E-state index in [0.717, 1.165) is 0 Å². The molecule has 1 aromatic rings. The van der Waals surface area contributed by atoms with Crippen LogP contribution in [0.3, 0.4) is 0 Å². The van der Waals surface area contributed by atoms with E-state index in [1.165, 1.54) is 11.4 Å². The number of hydrogen-bond acceptors (Lipinski definition) is 1. The standard InChI is InChI=1S/C14H26N2Si2/c1-16(18(5,6)7)14(15-17(2,3)4)13-11-9-8-10-12-13/h8-12H,1-7H3/b15-14-. The van der Waals surface area contributed by atoms with Crippen LogP contribution in [0.2, 0.25) is 39.3 Å². The minimum Gasteiger partial charge on any atom is -0.387 e. The lowest BCUT2D eigenvalue weighted by atomic mass is 10.2. The predicted octanol–water partition coefficient (Wildman–Crippen LogP) is 4.03. The number of hydrogen-bond donors (Lipinski definition) is 0. The van der Waals surface area contributed by atoms with Gasteiger partial charge in [-0.3, -0.25) is 0 Å². The Labute approximate surface area is 114 Å². The molecule has 0 atom stereocenters. The van der Waals surface area contributed by atoms with Gasteiger partial charge in [0.1, 0.15) is 14.1 Å². The average molecular weight is 279 g/mol. The van der Waals surface area contributed by atoms with Crippen molar-refractivity contribution >= 4 is 22.3 Å². The average Bonchev–Trinajstić information content (AvgIpc) is 2.24. The third kappa shape index (κ3) is 4.42. The first-order valence-electron chi connectivity index (χ1n) is 6.50. The highest BCUT2D eigenvalue weighted by molar-refractivity contribution is 6.78. The highest BCUT2D eigenvalue weighted by atomic mass is 28.3. The van der Waals surface area contributed by atoms with Gasteiger partial charge in [-0.25, -0.2) is 0 Å². The molecule has 0 spiro atoms. The van der Waals surface area contributed by atoms with Gasteiger partial charge < -0.3 is 9.22 Å². The topological polar surface area (TPSA) is 15.6 Å². The van der Waals surface area contributed by atoms with E-state index in [4.69, 9.17) is 4.66 Å². The fraction of sp³-hybridized carbons (Fsp3) is 0.500. The summed E-state index contributed by atoms with van der Waals surface area (Å²) in [6, 6.07) is 10.6. The largest absolute Gasteiger partial charge is 0.387 e. The van der Waals surface area contributed by atoms with Crippen molar-refractivity contribution in [2.24, 2.45) is 4.66 Å². The summed E-state index contributed by atoms with van der Waals surface area (Å²) in [5, 5.41) is 0. The molecule has 0 saturated carbocycles. The maximum Gasteiger partial charge on any atom is 0.175 e. The van der Waals surface area contributed by atoms with Crippen molar-refractivity contribution in [2.75, 3.05) is 7.05 Å². The van der Waals surface area contributed by atoms with Crippen molar-refractivity contribution in [1.82, 2.24) is 4.57 Å². The lowest BCUT2D eigenvalue weighted by Gasteiger charge is -2.34. The van der Waals surface area contributed by atoms with E-state index < -0.39 is 16.5 Å². The minimum absolute atomic E-state index is 1.17. The Morgan fingerprint density at radius 1 is 0.944 bits per heavy atom. The Morgan fingerprint density at radius 3 is 1.83 bits per heavy atom. The third-order valence-electron chi connectivity index (χ3n) is 2.80. The predicted molar refractivity (Wildman–Crippen MR) is 87.4 cm³/mol. The number of amidine groups is 1. The molecule has 0 aliphatic rings. The quantitative estimate of drug-likeness (QED) is 0.463. The van der Waals surface area contributed by atoms with Crippen LogP contribution in [0.1, 0.15) is 5.56 Å². The molecule has 4 heteroatoms. The van der Waals surface area contributed by atoms with Gasteiger partial charge in [0.25, 0.3) is 0 Å². The molecule has 1 rings (SSSR count). The molecular weight excluding hydrogens is 252 g/mol. The number of rotatable bonds is 3. The smallest absolute Gasteiger partial charge is 0.175 e. The second-order valence-electron chi connectivity index (χ2n) is 6.70. The van der Waals surface area contributed by atoms with Gasteiger partial charge in [0, 0.05) is 5.56 Å². The Morgan fingerprint density at radius 2 is 1.44 bits per heavy atom. The van der Waals surface area contributed by atoms with Crippen LogP contribution in [0.5, 0.6) is 0 Å². The Kier molecular flexibility index (Phi) is 4.56. The molecule has 0 aliphatic heterocycles. The van der Waals surface area contributed by atoms with E-state index in [0.29, 0.717) is 0 Å². The molecule has 100 valence electrons. The van der Waals surface area contributed by atoms with Gasteiger partial charge in [-0.1, -0.05) is 50.0 Å². The summed E-state index contributed by atoms with van der Waals surface area (Å²) in [4.78, 5) is 0. The summed E-state index contributed by atoms with van der Waals surface area (Å²) in [7, 11) is -0.665. The summed E-state index contributed by atoms with van der Waals surface area (Å²) < 4.78 is 7.48. The van der Waals surface area contributed by atoms with Crippen LogP contribution < -0.4 is 0 Å².